The van der Waals surface area contributed by atoms with Crippen molar-refractivity contribution in [1.82, 2.24) is 10.3 Å². The number of amides is 1. The number of carbonyl (C=O) groups excluding carboxylic acids is 1. The summed E-state index contributed by atoms with van der Waals surface area (Å²) in [5.74, 6) is -0.221. The topological polar surface area (TPSA) is 62.2 Å². The van der Waals surface area contributed by atoms with E-state index in [0.29, 0.717) is 12.1 Å². The van der Waals surface area contributed by atoms with Crippen LogP contribution in [0.4, 0.5) is 0 Å². The van der Waals surface area contributed by atoms with E-state index in [0.717, 1.165) is 6.42 Å². The fourth-order valence-electron chi connectivity index (χ4n) is 1.41. The van der Waals surface area contributed by atoms with Gasteiger partial charge in [-0.1, -0.05) is 6.07 Å². The van der Waals surface area contributed by atoms with Crippen molar-refractivity contribution in [3.8, 4) is 5.75 Å². The molecule has 0 bridgehead atoms. The Bertz CT molecular complexity index is 497. The van der Waals surface area contributed by atoms with Crippen LogP contribution in [0.5, 0.6) is 5.75 Å². The van der Waals surface area contributed by atoms with Gasteiger partial charge in [0.1, 0.15) is 5.75 Å². The maximum Gasteiger partial charge on any atom is 0.252 e. The third kappa shape index (κ3) is 3.29. The fraction of sp³-hybridized carbons (Fsp3) is 0.167. The van der Waals surface area contributed by atoms with E-state index in [4.69, 9.17) is 0 Å². The largest absolute Gasteiger partial charge is 0.506 e. The molecule has 2 rings (SSSR count). The van der Waals surface area contributed by atoms with Gasteiger partial charge in [-0.25, -0.2) is 0 Å². The Hall–Kier alpha value is -1.88. The summed E-state index contributed by atoms with van der Waals surface area (Å²) in [5, 5.41) is 14.0. The van der Waals surface area contributed by atoms with Crippen LogP contribution in [0.2, 0.25) is 0 Å². The molecule has 0 saturated carbocycles. The number of rotatable bonds is 4. The molecule has 0 aliphatic rings. The maximum atomic E-state index is 11.7. The van der Waals surface area contributed by atoms with Crippen LogP contribution in [0.15, 0.2) is 36.0 Å². The highest BCUT2D eigenvalue weighted by molar-refractivity contribution is 7.09. The van der Waals surface area contributed by atoms with Crippen molar-refractivity contribution in [2.24, 2.45) is 0 Å². The minimum absolute atomic E-state index is 0.00379. The van der Waals surface area contributed by atoms with E-state index in [2.05, 4.69) is 10.3 Å². The Labute approximate surface area is 103 Å². The first-order valence-electron chi connectivity index (χ1n) is 5.20. The molecule has 2 aromatic heterocycles. The van der Waals surface area contributed by atoms with Gasteiger partial charge in [0.05, 0.1) is 11.8 Å². The molecule has 0 unspecified atom stereocenters. The normalized spacial score (nSPS) is 10.1. The molecule has 2 N–H and O–H groups in total. The number of aromatic hydroxyl groups is 1. The van der Waals surface area contributed by atoms with Gasteiger partial charge in [-0.15, -0.1) is 11.3 Å². The van der Waals surface area contributed by atoms with Crippen molar-refractivity contribution in [3.63, 3.8) is 0 Å². The van der Waals surface area contributed by atoms with Crippen LogP contribution >= 0.6 is 11.3 Å². The quantitative estimate of drug-likeness (QED) is 0.867. The molecule has 0 fully saturated rings. The van der Waals surface area contributed by atoms with Crippen molar-refractivity contribution in [1.29, 1.82) is 0 Å². The first-order valence-corrected chi connectivity index (χ1v) is 6.08. The lowest BCUT2D eigenvalue weighted by molar-refractivity contribution is 0.0953. The van der Waals surface area contributed by atoms with Crippen LogP contribution in [-0.4, -0.2) is 22.5 Å². The van der Waals surface area contributed by atoms with E-state index >= 15 is 0 Å². The number of aromatic nitrogens is 1. The molecule has 0 aromatic carbocycles. The van der Waals surface area contributed by atoms with Crippen LogP contribution in [0, 0.1) is 0 Å². The summed E-state index contributed by atoms with van der Waals surface area (Å²) in [4.78, 5) is 16.7. The number of pyridine rings is 1. The molecule has 5 heteroatoms. The van der Waals surface area contributed by atoms with Gasteiger partial charge in [0.2, 0.25) is 0 Å². The van der Waals surface area contributed by atoms with Gasteiger partial charge in [-0.05, 0) is 23.9 Å². The molecule has 2 aromatic rings. The number of nitrogens with zero attached hydrogens (tertiary/aromatic N) is 1. The number of hydrogen-bond acceptors (Lipinski definition) is 4. The Balaban J connectivity index is 1.85. The first kappa shape index (κ1) is 11.6. The summed E-state index contributed by atoms with van der Waals surface area (Å²) in [6.07, 6.45) is 3.54. The zero-order valence-corrected chi connectivity index (χ0v) is 9.91. The predicted molar refractivity (Wildman–Crippen MR) is 66.3 cm³/mol. The second kappa shape index (κ2) is 5.45. The molecule has 0 spiro atoms. The highest BCUT2D eigenvalue weighted by Gasteiger charge is 2.06. The Morgan fingerprint density at radius 1 is 1.47 bits per heavy atom. The highest BCUT2D eigenvalue weighted by Crippen LogP contribution is 2.09. The van der Waals surface area contributed by atoms with Crippen LogP contribution in [0.25, 0.3) is 0 Å². The summed E-state index contributed by atoms with van der Waals surface area (Å²) in [6.45, 7) is 0.578. The van der Waals surface area contributed by atoms with Gasteiger partial charge in [0.25, 0.3) is 5.91 Å². The number of nitrogens with one attached hydrogen (secondary N) is 1. The molecule has 0 aliphatic heterocycles. The second-order valence-corrected chi connectivity index (χ2v) is 4.55. The van der Waals surface area contributed by atoms with E-state index in [1.807, 2.05) is 17.5 Å². The molecule has 4 nitrogen and oxygen atoms in total. The van der Waals surface area contributed by atoms with Crippen molar-refractivity contribution < 1.29 is 9.90 Å². The molecule has 17 heavy (non-hydrogen) atoms. The zero-order chi connectivity index (χ0) is 12.1. The Morgan fingerprint density at radius 3 is 3.06 bits per heavy atom. The van der Waals surface area contributed by atoms with Gasteiger partial charge >= 0.3 is 0 Å². The lowest BCUT2D eigenvalue weighted by atomic mass is 10.2. The molecular formula is C12H12N2O2S. The van der Waals surface area contributed by atoms with Crippen molar-refractivity contribution in [2.75, 3.05) is 6.54 Å². The van der Waals surface area contributed by atoms with Gasteiger partial charge < -0.3 is 10.4 Å². The average Bonchev–Trinajstić information content (AvgIpc) is 2.82. The molecule has 1 amide bonds. The van der Waals surface area contributed by atoms with Crippen molar-refractivity contribution in [2.45, 2.75) is 6.42 Å². The van der Waals surface area contributed by atoms with E-state index in [-0.39, 0.29) is 11.7 Å². The summed E-state index contributed by atoms with van der Waals surface area (Å²) < 4.78 is 0. The Kier molecular flexibility index (Phi) is 3.72. The molecule has 0 atom stereocenters. The number of carbonyl (C=O) groups is 1. The molecule has 0 saturated heterocycles. The van der Waals surface area contributed by atoms with Crippen molar-refractivity contribution in [3.05, 3.63) is 46.4 Å². The van der Waals surface area contributed by atoms with Gasteiger partial charge in [-0.3, -0.25) is 9.78 Å². The van der Waals surface area contributed by atoms with Gasteiger partial charge in [0, 0.05) is 17.6 Å². The zero-order valence-electron chi connectivity index (χ0n) is 9.09. The van der Waals surface area contributed by atoms with Crippen molar-refractivity contribution >= 4 is 17.2 Å². The predicted octanol–water partition coefficient (Wildman–Crippen LogP) is 1.82. The molecule has 0 radical (unpaired) electrons. The second-order valence-electron chi connectivity index (χ2n) is 3.52. The fourth-order valence-corrected chi connectivity index (χ4v) is 2.12. The minimum Gasteiger partial charge on any atom is -0.506 e. The standard InChI is InChI=1S/C12H12N2O2S/c15-10-6-9(7-13-8-10)12(16)14-4-3-11-2-1-5-17-11/h1-2,5-8,15H,3-4H2,(H,14,16). The first-order chi connectivity index (χ1) is 8.25. The van der Waals surface area contributed by atoms with E-state index < -0.39 is 0 Å². The summed E-state index contributed by atoms with van der Waals surface area (Å²) in [7, 11) is 0. The summed E-state index contributed by atoms with van der Waals surface area (Å²) in [5.41, 5.74) is 0.371. The average molecular weight is 248 g/mol. The van der Waals surface area contributed by atoms with Crippen LogP contribution in [0.3, 0.4) is 0 Å². The van der Waals surface area contributed by atoms with Crippen LogP contribution < -0.4 is 5.32 Å². The highest BCUT2D eigenvalue weighted by atomic mass is 32.1. The molecule has 0 aliphatic carbocycles. The number of thiophene rings is 1. The third-order valence-electron chi connectivity index (χ3n) is 2.22. The van der Waals surface area contributed by atoms with E-state index in [9.17, 15) is 9.90 Å². The Morgan fingerprint density at radius 2 is 2.35 bits per heavy atom. The van der Waals surface area contributed by atoms with Gasteiger partial charge in [0.15, 0.2) is 0 Å². The summed E-state index contributed by atoms with van der Waals surface area (Å²) in [6, 6.07) is 5.42. The molecule has 88 valence electrons. The van der Waals surface area contributed by atoms with Crippen LogP contribution in [0.1, 0.15) is 15.2 Å². The monoisotopic (exact) mass is 248 g/mol. The van der Waals surface area contributed by atoms with Crippen LogP contribution in [-0.2, 0) is 6.42 Å². The lowest BCUT2D eigenvalue weighted by Crippen LogP contribution is -2.25. The van der Waals surface area contributed by atoms with E-state index in [1.165, 1.54) is 23.3 Å². The lowest BCUT2D eigenvalue weighted by Gasteiger charge is -2.04. The smallest absolute Gasteiger partial charge is 0.252 e. The minimum atomic E-state index is -0.218. The molecular weight excluding hydrogens is 236 g/mol. The third-order valence-corrected chi connectivity index (χ3v) is 3.16. The number of hydrogen-bond donors (Lipinski definition) is 2. The summed E-state index contributed by atoms with van der Waals surface area (Å²) >= 11 is 1.67. The van der Waals surface area contributed by atoms with E-state index in [1.54, 1.807) is 11.3 Å². The van der Waals surface area contributed by atoms with Gasteiger partial charge in [-0.2, -0.15) is 0 Å². The maximum absolute atomic E-state index is 11.7. The molecule has 2 heterocycles. The SMILES string of the molecule is O=C(NCCc1cccs1)c1cncc(O)c1.